The van der Waals surface area contributed by atoms with E-state index in [1.54, 1.807) is 0 Å². The van der Waals surface area contributed by atoms with E-state index in [1.807, 2.05) is 6.20 Å². The minimum atomic E-state index is -0.121. The van der Waals surface area contributed by atoms with Gasteiger partial charge >= 0.3 is 0 Å². The highest BCUT2D eigenvalue weighted by atomic mass is 16.5. The summed E-state index contributed by atoms with van der Waals surface area (Å²) in [5.41, 5.74) is 12.5. The van der Waals surface area contributed by atoms with Crippen molar-refractivity contribution in [2.24, 2.45) is 7.05 Å². The number of hydrogen-bond donors (Lipinski definition) is 0. The summed E-state index contributed by atoms with van der Waals surface area (Å²) >= 11 is 0. The van der Waals surface area contributed by atoms with Crippen LogP contribution in [0.2, 0.25) is 0 Å². The molecule has 0 aliphatic carbocycles. The fourth-order valence-electron chi connectivity index (χ4n) is 8.91. The molecular formula is C53H43N5O. The molecule has 59 heavy (non-hydrogen) atoms. The van der Waals surface area contributed by atoms with Gasteiger partial charge in [0, 0.05) is 69.9 Å². The van der Waals surface area contributed by atoms with Crippen LogP contribution in [0.3, 0.4) is 0 Å². The average Bonchev–Trinajstić information content (AvgIpc) is 3.91. The molecule has 1 aliphatic rings. The molecule has 286 valence electrons. The topological polar surface area (TPSA) is 38.5 Å². The zero-order chi connectivity index (χ0) is 39.8. The second-order valence-electron chi connectivity index (χ2n) is 16.6. The van der Waals surface area contributed by atoms with Gasteiger partial charge < -0.3 is 19.1 Å². The van der Waals surface area contributed by atoms with E-state index >= 15 is 0 Å². The minimum Gasteiger partial charge on any atom is -0.457 e. The van der Waals surface area contributed by atoms with Crippen molar-refractivity contribution in [3.8, 4) is 28.4 Å². The molecule has 6 nitrogen and oxygen atoms in total. The first-order valence-corrected chi connectivity index (χ1v) is 20.3. The number of pyridine rings is 1. The van der Waals surface area contributed by atoms with E-state index in [-0.39, 0.29) is 5.41 Å². The molecule has 0 unspecified atom stereocenters. The number of anilines is 4. The maximum absolute atomic E-state index is 6.95. The maximum Gasteiger partial charge on any atom is 0.139 e. The van der Waals surface area contributed by atoms with Crippen LogP contribution in [-0.2, 0) is 12.5 Å². The molecule has 0 saturated heterocycles. The highest BCUT2D eigenvalue weighted by molar-refractivity contribution is 6.11. The highest BCUT2D eigenvalue weighted by Gasteiger charge is 2.30. The van der Waals surface area contributed by atoms with E-state index in [9.17, 15) is 0 Å². The summed E-state index contributed by atoms with van der Waals surface area (Å²) < 4.78 is 11.5. The normalized spacial score (nSPS) is 12.9. The number of benzene rings is 7. The van der Waals surface area contributed by atoms with Crippen LogP contribution >= 0.6 is 0 Å². The van der Waals surface area contributed by atoms with E-state index in [4.69, 9.17) is 9.72 Å². The fourth-order valence-corrected chi connectivity index (χ4v) is 8.91. The van der Waals surface area contributed by atoms with Gasteiger partial charge in [0.2, 0.25) is 0 Å². The summed E-state index contributed by atoms with van der Waals surface area (Å²) in [6, 6.07) is 60.6. The number of nitrogens with zero attached hydrogens (tertiary/aromatic N) is 5. The lowest BCUT2D eigenvalue weighted by Gasteiger charge is -2.26. The van der Waals surface area contributed by atoms with Gasteiger partial charge in [0.05, 0.1) is 27.9 Å². The first-order valence-electron chi connectivity index (χ1n) is 20.3. The van der Waals surface area contributed by atoms with Crippen LogP contribution in [0.25, 0.3) is 60.6 Å². The van der Waals surface area contributed by atoms with Crippen LogP contribution in [0.5, 0.6) is 11.5 Å². The molecule has 0 spiro atoms. The first-order chi connectivity index (χ1) is 28.8. The van der Waals surface area contributed by atoms with Gasteiger partial charge in [0.1, 0.15) is 24.0 Å². The molecule has 1 aliphatic heterocycles. The molecule has 3 aromatic heterocycles. The number of para-hydroxylation sites is 3. The molecular weight excluding hydrogens is 723 g/mol. The molecule has 0 N–H and O–H groups in total. The lowest BCUT2D eigenvalue weighted by Crippen LogP contribution is -2.24. The lowest BCUT2D eigenvalue weighted by atomic mass is 9.86. The Labute approximate surface area is 343 Å². The van der Waals surface area contributed by atoms with E-state index < -0.39 is 0 Å². The molecule has 0 saturated carbocycles. The van der Waals surface area contributed by atoms with Crippen molar-refractivity contribution in [2.45, 2.75) is 26.2 Å². The number of rotatable bonds is 6. The van der Waals surface area contributed by atoms with Gasteiger partial charge in [-0.25, -0.2) is 4.98 Å². The summed E-state index contributed by atoms with van der Waals surface area (Å²) in [5.74, 6) is 2.43. The van der Waals surface area contributed by atoms with E-state index in [2.05, 4.69) is 217 Å². The van der Waals surface area contributed by atoms with Crippen LogP contribution in [0.1, 0.15) is 26.3 Å². The van der Waals surface area contributed by atoms with Crippen molar-refractivity contribution in [1.29, 1.82) is 0 Å². The van der Waals surface area contributed by atoms with Crippen molar-refractivity contribution in [3.63, 3.8) is 0 Å². The van der Waals surface area contributed by atoms with E-state index in [0.717, 1.165) is 61.7 Å². The predicted molar refractivity (Wildman–Crippen MR) is 245 cm³/mol. The third-order valence-electron chi connectivity index (χ3n) is 12.0. The molecule has 6 heteroatoms. The van der Waals surface area contributed by atoms with Gasteiger partial charge in [-0.3, -0.25) is 4.57 Å². The maximum atomic E-state index is 6.95. The molecule has 4 heterocycles. The number of fused-ring (bicyclic) bond motifs is 7. The molecule has 0 amide bonds. The first kappa shape index (κ1) is 34.9. The molecule has 11 rings (SSSR count). The van der Waals surface area contributed by atoms with E-state index in [1.165, 1.54) is 38.7 Å². The second kappa shape index (κ2) is 13.4. The van der Waals surface area contributed by atoms with Crippen molar-refractivity contribution in [3.05, 3.63) is 182 Å². The number of hydrogen-bond acceptors (Lipinski definition) is 4. The summed E-state index contributed by atoms with van der Waals surface area (Å²) in [6.45, 7) is 7.47. The summed E-state index contributed by atoms with van der Waals surface area (Å²) in [5, 5.41) is 4.69. The van der Waals surface area contributed by atoms with Crippen molar-refractivity contribution >= 4 is 66.4 Å². The zero-order valence-corrected chi connectivity index (χ0v) is 33.6. The Hall–Kier alpha value is -7.31. The second-order valence-corrected chi connectivity index (χ2v) is 16.6. The predicted octanol–water partition coefficient (Wildman–Crippen LogP) is 13.8. The molecule has 7 aromatic carbocycles. The average molecular weight is 766 g/mol. The van der Waals surface area contributed by atoms with Gasteiger partial charge in [-0.2, -0.15) is 0 Å². The Kier molecular flexibility index (Phi) is 7.92. The van der Waals surface area contributed by atoms with Crippen LogP contribution in [0.15, 0.2) is 176 Å². The van der Waals surface area contributed by atoms with Gasteiger partial charge in [-0.1, -0.05) is 112 Å². The molecule has 0 bridgehead atoms. The Morgan fingerprint density at radius 1 is 0.492 bits per heavy atom. The van der Waals surface area contributed by atoms with E-state index in [0.29, 0.717) is 6.67 Å². The Morgan fingerprint density at radius 2 is 1.17 bits per heavy atom. The summed E-state index contributed by atoms with van der Waals surface area (Å²) in [6.07, 6.45) is 2.02. The number of aryl methyl sites for hydroxylation is 1. The van der Waals surface area contributed by atoms with Crippen LogP contribution in [-0.4, -0.2) is 20.8 Å². The lowest BCUT2D eigenvalue weighted by molar-refractivity contribution is 0.479. The minimum absolute atomic E-state index is 0.121. The Morgan fingerprint density at radius 3 is 1.95 bits per heavy atom. The SMILES string of the molecule is Cn1c2ccccc2c2cnc(-n3c4ccccc4c4ccc(Oc5cc(N6CN(c7ccccc7)c7ccc(-c8ccccc8)cc76)cc(C(C)(C)C)c5)cc43)cc21. The van der Waals surface area contributed by atoms with Gasteiger partial charge in [0.15, 0.2) is 0 Å². The number of ether oxygens (including phenoxy) is 1. The van der Waals surface area contributed by atoms with Crippen molar-refractivity contribution in [2.75, 3.05) is 16.5 Å². The standard InChI is InChI=1S/C53H43N5O/c1-53(2,3)37-28-39(57-34-56(38-17-9-6-10-18-38)48-26-23-36(27-51(48)57)35-15-7-5-8-16-35)30-41(29-37)59-40-24-25-44-42-19-12-14-22-47(42)58(50(44)31-40)52-32-49-45(33-54-52)43-20-11-13-21-46(43)55(49)4/h5-33H,34H2,1-4H3. The molecule has 0 atom stereocenters. The van der Waals surface area contributed by atoms with Crippen LogP contribution in [0, 0.1) is 0 Å². The van der Waals surface area contributed by atoms with Crippen molar-refractivity contribution in [1.82, 2.24) is 14.1 Å². The molecule has 0 fully saturated rings. The monoisotopic (exact) mass is 765 g/mol. The quantitative estimate of drug-likeness (QED) is 0.169. The van der Waals surface area contributed by atoms with Gasteiger partial charge in [-0.15, -0.1) is 0 Å². The van der Waals surface area contributed by atoms with Crippen molar-refractivity contribution < 1.29 is 4.74 Å². The third-order valence-corrected chi connectivity index (χ3v) is 12.0. The molecule has 0 radical (unpaired) electrons. The van der Waals surface area contributed by atoms with Crippen LogP contribution in [0.4, 0.5) is 22.7 Å². The summed E-state index contributed by atoms with van der Waals surface area (Å²) in [4.78, 5) is 9.91. The Bertz CT molecular complexity index is 3230. The smallest absolute Gasteiger partial charge is 0.139 e. The molecule has 10 aromatic rings. The third kappa shape index (κ3) is 5.82. The fraction of sp³-hybridized carbons (Fsp3) is 0.113. The zero-order valence-electron chi connectivity index (χ0n) is 33.6. The highest BCUT2D eigenvalue weighted by Crippen LogP contribution is 2.48. The number of aromatic nitrogens is 3. The largest absolute Gasteiger partial charge is 0.457 e. The van der Waals surface area contributed by atoms with Gasteiger partial charge in [0.25, 0.3) is 0 Å². The van der Waals surface area contributed by atoms with Crippen LogP contribution < -0.4 is 14.5 Å². The summed E-state index contributed by atoms with van der Waals surface area (Å²) in [7, 11) is 2.13. The van der Waals surface area contributed by atoms with Gasteiger partial charge in [-0.05, 0) is 82.8 Å². The Balaban J connectivity index is 1.03.